The summed E-state index contributed by atoms with van der Waals surface area (Å²) in [5.74, 6) is 0.955. The maximum absolute atomic E-state index is 12.7. The Balaban J connectivity index is 1.48. The maximum Gasteiger partial charge on any atom is 0.248 e. The van der Waals surface area contributed by atoms with Crippen molar-refractivity contribution in [3.63, 3.8) is 0 Å². The van der Waals surface area contributed by atoms with E-state index in [1.807, 2.05) is 17.0 Å². The van der Waals surface area contributed by atoms with E-state index in [9.17, 15) is 9.59 Å². The summed E-state index contributed by atoms with van der Waals surface area (Å²) in [6.45, 7) is 3.93. The minimum Gasteiger partial charge on any atom is -0.375 e. The summed E-state index contributed by atoms with van der Waals surface area (Å²) < 4.78 is 10.4. The molecule has 0 bridgehead atoms. The number of rotatable bonds is 5. The zero-order valence-electron chi connectivity index (χ0n) is 16.4. The standard InChI is InChI=1S/C20H23ClN4O4/c1-13-22-19(29-23-13)16-8-24(18(27)9-28-2)10-20(16)11-25(12-20)17(26)7-14-4-3-5-15(21)6-14/h3-6,16H,7-12H2,1-2H3. The highest BCUT2D eigenvalue weighted by atomic mass is 35.5. The van der Waals surface area contributed by atoms with Crippen LogP contribution in [0, 0.1) is 12.3 Å². The number of amides is 2. The Morgan fingerprint density at radius 2 is 2.03 bits per heavy atom. The van der Waals surface area contributed by atoms with Crippen LogP contribution in [-0.2, 0) is 20.7 Å². The predicted octanol–water partition coefficient (Wildman–Crippen LogP) is 1.67. The first kappa shape index (κ1) is 19.8. The summed E-state index contributed by atoms with van der Waals surface area (Å²) in [6.07, 6.45) is 0.299. The van der Waals surface area contributed by atoms with E-state index in [0.717, 1.165) is 5.56 Å². The lowest BCUT2D eigenvalue weighted by atomic mass is 9.71. The molecule has 4 rings (SSSR count). The Bertz CT molecular complexity index is 925. The number of halogens is 1. The molecule has 2 amide bonds. The summed E-state index contributed by atoms with van der Waals surface area (Å²) in [4.78, 5) is 33.1. The number of aryl methyl sites for hydroxylation is 1. The van der Waals surface area contributed by atoms with Gasteiger partial charge in [-0.15, -0.1) is 0 Å². The Morgan fingerprint density at radius 3 is 2.69 bits per heavy atom. The van der Waals surface area contributed by atoms with Crippen molar-refractivity contribution in [1.82, 2.24) is 19.9 Å². The lowest BCUT2D eigenvalue weighted by Gasteiger charge is -2.50. The molecule has 0 saturated carbocycles. The van der Waals surface area contributed by atoms with Crippen molar-refractivity contribution in [2.24, 2.45) is 5.41 Å². The zero-order valence-corrected chi connectivity index (χ0v) is 17.2. The summed E-state index contributed by atoms with van der Waals surface area (Å²) in [5.41, 5.74) is 0.614. The van der Waals surface area contributed by atoms with Crippen molar-refractivity contribution in [3.8, 4) is 0 Å². The minimum absolute atomic E-state index is 0.0308. The molecule has 3 heterocycles. The molecular weight excluding hydrogens is 396 g/mol. The average molecular weight is 419 g/mol. The summed E-state index contributed by atoms with van der Waals surface area (Å²) in [7, 11) is 1.50. The van der Waals surface area contributed by atoms with E-state index in [1.54, 1.807) is 24.0 Å². The summed E-state index contributed by atoms with van der Waals surface area (Å²) >= 11 is 6.02. The zero-order chi connectivity index (χ0) is 20.6. The van der Waals surface area contributed by atoms with Gasteiger partial charge in [0.25, 0.3) is 0 Å². The number of nitrogens with zero attached hydrogens (tertiary/aromatic N) is 4. The minimum atomic E-state index is -0.271. The number of carbonyl (C=O) groups excluding carboxylic acids is 2. The van der Waals surface area contributed by atoms with Crippen LogP contribution in [0.2, 0.25) is 5.02 Å². The van der Waals surface area contributed by atoms with Crippen LogP contribution in [0.4, 0.5) is 0 Å². The van der Waals surface area contributed by atoms with Gasteiger partial charge >= 0.3 is 0 Å². The first-order valence-electron chi connectivity index (χ1n) is 9.49. The third kappa shape index (κ3) is 3.86. The highest BCUT2D eigenvalue weighted by Crippen LogP contribution is 2.48. The second-order valence-electron chi connectivity index (χ2n) is 7.86. The molecule has 2 aromatic rings. The molecule has 1 atom stereocenters. The van der Waals surface area contributed by atoms with Crippen LogP contribution in [0.3, 0.4) is 0 Å². The fourth-order valence-corrected chi connectivity index (χ4v) is 4.53. The average Bonchev–Trinajstić information content (AvgIpc) is 3.24. The normalized spacial score (nSPS) is 20.2. The van der Waals surface area contributed by atoms with Gasteiger partial charge in [0.1, 0.15) is 6.61 Å². The fraction of sp³-hybridized carbons (Fsp3) is 0.500. The van der Waals surface area contributed by atoms with Crippen LogP contribution in [0.5, 0.6) is 0 Å². The lowest BCUT2D eigenvalue weighted by molar-refractivity contribution is -0.144. The van der Waals surface area contributed by atoms with E-state index in [2.05, 4.69) is 10.1 Å². The number of likely N-dealkylation sites (tertiary alicyclic amines) is 2. The Hall–Kier alpha value is -2.45. The van der Waals surface area contributed by atoms with E-state index in [0.29, 0.717) is 49.3 Å². The second-order valence-corrected chi connectivity index (χ2v) is 8.29. The van der Waals surface area contributed by atoms with Crippen molar-refractivity contribution >= 4 is 23.4 Å². The van der Waals surface area contributed by atoms with Gasteiger partial charge in [0.05, 0.1) is 12.3 Å². The molecule has 1 unspecified atom stereocenters. The molecule has 8 nitrogen and oxygen atoms in total. The van der Waals surface area contributed by atoms with Crippen LogP contribution in [0.15, 0.2) is 28.8 Å². The molecule has 2 saturated heterocycles. The topological polar surface area (TPSA) is 88.8 Å². The largest absolute Gasteiger partial charge is 0.375 e. The monoisotopic (exact) mass is 418 g/mol. The molecule has 2 aliphatic rings. The number of hydrogen-bond donors (Lipinski definition) is 0. The number of carbonyl (C=O) groups is 2. The van der Waals surface area contributed by atoms with Gasteiger partial charge < -0.3 is 19.1 Å². The van der Waals surface area contributed by atoms with Gasteiger partial charge in [0, 0.05) is 43.7 Å². The van der Waals surface area contributed by atoms with E-state index in [4.69, 9.17) is 20.9 Å². The number of ether oxygens (including phenoxy) is 1. The second kappa shape index (κ2) is 7.76. The van der Waals surface area contributed by atoms with Gasteiger partial charge in [0.15, 0.2) is 5.82 Å². The van der Waals surface area contributed by atoms with Crippen LogP contribution in [0.25, 0.3) is 0 Å². The van der Waals surface area contributed by atoms with E-state index in [1.165, 1.54) is 7.11 Å². The van der Waals surface area contributed by atoms with Crippen molar-refractivity contribution in [2.45, 2.75) is 19.3 Å². The molecule has 1 aromatic carbocycles. The van der Waals surface area contributed by atoms with Crippen molar-refractivity contribution in [3.05, 3.63) is 46.6 Å². The van der Waals surface area contributed by atoms with Crippen molar-refractivity contribution < 1.29 is 18.8 Å². The number of methoxy groups -OCH3 is 1. The van der Waals surface area contributed by atoms with Crippen molar-refractivity contribution in [2.75, 3.05) is 39.9 Å². The molecule has 2 fully saturated rings. The maximum atomic E-state index is 12.7. The highest BCUT2D eigenvalue weighted by Gasteiger charge is 2.58. The predicted molar refractivity (Wildman–Crippen MR) is 104 cm³/mol. The molecule has 1 spiro atoms. The smallest absolute Gasteiger partial charge is 0.248 e. The SMILES string of the molecule is COCC(=O)N1CC(c2nc(C)no2)C2(C1)CN(C(=O)Cc1cccc(Cl)c1)C2. The third-order valence-electron chi connectivity index (χ3n) is 5.72. The molecule has 29 heavy (non-hydrogen) atoms. The number of benzene rings is 1. The first-order chi connectivity index (χ1) is 13.9. The molecule has 2 aliphatic heterocycles. The van der Waals surface area contributed by atoms with Gasteiger partial charge in [-0.2, -0.15) is 4.98 Å². The Labute approximate surface area is 173 Å². The molecule has 0 aliphatic carbocycles. The van der Waals surface area contributed by atoms with Gasteiger partial charge in [-0.05, 0) is 24.6 Å². The number of aromatic nitrogens is 2. The third-order valence-corrected chi connectivity index (χ3v) is 5.95. The highest BCUT2D eigenvalue weighted by molar-refractivity contribution is 6.30. The van der Waals surface area contributed by atoms with Gasteiger partial charge in [-0.25, -0.2) is 0 Å². The van der Waals surface area contributed by atoms with Crippen LogP contribution >= 0.6 is 11.6 Å². The number of hydrogen-bond acceptors (Lipinski definition) is 6. The molecule has 0 radical (unpaired) electrons. The van der Waals surface area contributed by atoms with Crippen LogP contribution in [0.1, 0.15) is 23.2 Å². The molecule has 1 aromatic heterocycles. The fourth-order valence-electron chi connectivity index (χ4n) is 4.31. The quantitative estimate of drug-likeness (QED) is 0.734. The van der Waals surface area contributed by atoms with E-state index < -0.39 is 0 Å². The van der Waals surface area contributed by atoms with Gasteiger partial charge in [0.2, 0.25) is 17.7 Å². The Morgan fingerprint density at radius 1 is 1.28 bits per heavy atom. The summed E-state index contributed by atoms with van der Waals surface area (Å²) in [6, 6.07) is 7.33. The van der Waals surface area contributed by atoms with Crippen molar-refractivity contribution in [1.29, 1.82) is 0 Å². The Kier molecular flexibility index (Phi) is 5.31. The van der Waals surface area contributed by atoms with Crippen LogP contribution < -0.4 is 0 Å². The van der Waals surface area contributed by atoms with E-state index >= 15 is 0 Å². The van der Waals surface area contributed by atoms with E-state index in [-0.39, 0.29) is 29.8 Å². The molecule has 9 heteroatoms. The van der Waals surface area contributed by atoms with Gasteiger partial charge in [-0.1, -0.05) is 28.9 Å². The molecular formula is C20H23ClN4O4. The van der Waals surface area contributed by atoms with Gasteiger partial charge in [-0.3, -0.25) is 9.59 Å². The molecule has 154 valence electrons. The first-order valence-corrected chi connectivity index (χ1v) is 9.87. The summed E-state index contributed by atoms with van der Waals surface area (Å²) in [5, 5.41) is 4.52. The lowest BCUT2D eigenvalue weighted by Crippen LogP contribution is -2.62. The van der Waals surface area contributed by atoms with Crippen LogP contribution in [-0.4, -0.2) is 71.7 Å². The molecule has 0 N–H and O–H groups in total.